The van der Waals surface area contributed by atoms with Gasteiger partial charge in [0.2, 0.25) is 5.89 Å². The third-order valence-corrected chi connectivity index (χ3v) is 3.45. The molecule has 1 fully saturated rings. The van der Waals surface area contributed by atoms with E-state index in [4.69, 9.17) is 10.2 Å². The lowest BCUT2D eigenvalue weighted by atomic mass is 9.97. The predicted molar refractivity (Wildman–Crippen MR) is 66.5 cm³/mol. The fourth-order valence-electron chi connectivity index (χ4n) is 2.44. The maximum Gasteiger partial charge on any atom is 0.315 e. The normalized spacial score (nSPS) is 17.9. The van der Waals surface area contributed by atoms with Crippen LogP contribution in [0.4, 0.5) is 6.01 Å². The van der Waals surface area contributed by atoms with Gasteiger partial charge in [0, 0.05) is 6.54 Å². The van der Waals surface area contributed by atoms with Crippen LogP contribution >= 0.6 is 0 Å². The maximum atomic E-state index is 5.40. The van der Waals surface area contributed by atoms with Gasteiger partial charge in [-0.1, -0.05) is 43.6 Å². The van der Waals surface area contributed by atoms with Crippen LogP contribution < -0.4 is 11.1 Å². The molecule has 5 heteroatoms. The second-order valence-corrected chi connectivity index (χ2v) is 4.78. The van der Waals surface area contributed by atoms with Gasteiger partial charge in [-0.15, -0.1) is 5.10 Å². The molecule has 0 atom stereocenters. The molecule has 5 nitrogen and oxygen atoms in total. The monoisotopic (exact) mass is 238 g/mol. The van der Waals surface area contributed by atoms with E-state index in [1.54, 1.807) is 0 Å². The van der Waals surface area contributed by atoms with Gasteiger partial charge in [0.1, 0.15) is 0 Å². The van der Waals surface area contributed by atoms with E-state index < -0.39 is 0 Å². The highest BCUT2D eigenvalue weighted by Gasteiger charge is 2.12. The Bertz CT molecular complexity index is 318. The van der Waals surface area contributed by atoms with Crippen molar-refractivity contribution in [1.82, 2.24) is 10.2 Å². The molecule has 0 amide bonds. The molecular formula is C12H22N4O. The number of rotatable bonds is 5. The lowest BCUT2D eigenvalue weighted by Crippen LogP contribution is -2.08. The Labute approximate surface area is 102 Å². The number of anilines is 1. The number of nitrogens with two attached hydrogens (primary N) is 1. The third-order valence-electron chi connectivity index (χ3n) is 3.45. The van der Waals surface area contributed by atoms with E-state index >= 15 is 0 Å². The minimum atomic E-state index is 0.303. The lowest BCUT2D eigenvalue weighted by molar-refractivity contribution is 0.434. The molecule has 1 heterocycles. The van der Waals surface area contributed by atoms with E-state index in [1.165, 1.54) is 44.9 Å². The fraction of sp³-hybridized carbons (Fsp3) is 0.833. The molecule has 1 aromatic rings. The molecule has 2 rings (SSSR count). The van der Waals surface area contributed by atoms with Gasteiger partial charge in [-0.05, 0) is 12.3 Å². The highest BCUT2D eigenvalue weighted by molar-refractivity contribution is 5.16. The van der Waals surface area contributed by atoms with Crippen LogP contribution in [0.1, 0.15) is 50.8 Å². The van der Waals surface area contributed by atoms with Crippen molar-refractivity contribution in [3.05, 3.63) is 5.89 Å². The van der Waals surface area contributed by atoms with Gasteiger partial charge in [0.15, 0.2) is 0 Å². The molecule has 0 aromatic carbocycles. The van der Waals surface area contributed by atoms with Crippen LogP contribution in [0, 0.1) is 5.92 Å². The van der Waals surface area contributed by atoms with Crippen molar-refractivity contribution in [2.75, 3.05) is 11.9 Å². The zero-order chi connectivity index (χ0) is 11.9. The Balaban J connectivity index is 1.67. The highest BCUT2D eigenvalue weighted by Crippen LogP contribution is 2.25. The van der Waals surface area contributed by atoms with Crippen molar-refractivity contribution < 1.29 is 4.42 Å². The summed E-state index contributed by atoms with van der Waals surface area (Å²) in [6.45, 7) is 1.22. The molecule has 0 aliphatic heterocycles. The molecule has 17 heavy (non-hydrogen) atoms. The zero-order valence-corrected chi connectivity index (χ0v) is 10.3. The molecule has 1 aliphatic carbocycles. The highest BCUT2D eigenvalue weighted by atomic mass is 16.4. The van der Waals surface area contributed by atoms with Gasteiger partial charge in [0.05, 0.1) is 6.54 Å². The van der Waals surface area contributed by atoms with Gasteiger partial charge in [-0.2, -0.15) is 0 Å². The summed E-state index contributed by atoms with van der Waals surface area (Å²) in [5.41, 5.74) is 5.40. The Kier molecular flexibility index (Phi) is 4.79. The van der Waals surface area contributed by atoms with Crippen LogP contribution in [-0.2, 0) is 6.54 Å². The summed E-state index contributed by atoms with van der Waals surface area (Å²) in [5, 5.41) is 10.9. The van der Waals surface area contributed by atoms with Crippen molar-refractivity contribution in [2.24, 2.45) is 11.7 Å². The van der Waals surface area contributed by atoms with E-state index in [0.29, 0.717) is 18.5 Å². The Hall–Kier alpha value is -1.10. The minimum absolute atomic E-state index is 0.303. The van der Waals surface area contributed by atoms with Crippen molar-refractivity contribution in [3.63, 3.8) is 0 Å². The Morgan fingerprint density at radius 1 is 1.18 bits per heavy atom. The average molecular weight is 238 g/mol. The second kappa shape index (κ2) is 6.59. The molecule has 0 radical (unpaired) electrons. The van der Waals surface area contributed by atoms with E-state index in [-0.39, 0.29) is 0 Å². The zero-order valence-electron chi connectivity index (χ0n) is 10.3. The number of aromatic nitrogens is 2. The molecule has 0 saturated heterocycles. The second-order valence-electron chi connectivity index (χ2n) is 4.78. The largest absolute Gasteiger partial charge is 0.407 e. The standard InChI is InChI=1S/C12H22N4O/c13-9-11-15-16-12(17-11)14-8-7-10-5-3-1-2-4-6-10/h10H,1-9,13H2,(H,14,16). The summed E-state index contributed by atoms with van der Waals surface area (Å²) < 4.78 is 5.29. The molecule has 0 unspecified atom stereocenters. The van der Waals surface area contributed by atoms with Crippen LogP contribution in [-0.4, -0.2) is 16.7 Å². The minimum Gasteiger partial charge on any atom is -0.407 e. The number of nitrogens with one attached hydrogen (secondary N) is 1. The SMILES string of the molecule is NCc1nnc(NCCC2CCCCCC2)o1. The summed E-state index contributed by atoms with van der Waals surface area (Å²) >= 11 is 0. The van der Waals surface area contributed by atoms with E-state index in [2.05, 4.69) is 15.5 Å². The first kappa shape index (κ1) is 12.4. The third kappa shape index (κ3) is 4.00. The molecule has 3 N–H and O–H groups in total. The molecule has 1 aliphatic rings. The lowest BCUT2D eigenvalue weighted by Gasteiger charge is -2.13. The first-order valence-corrected chi connectivity index (χ1v) is 6.65. The molecular weight excluding hydrogens is 216 g/mol. The van der Waals surface area contributed by atoms with Gasteiger partial charge >= 0.3 is 6.01 Å². The van der Waals surface area contributed by atoms with Crippen LogP contribution in [0.15, 0.2) is 4.42 Å². The van der Waals surface area contributed by atoms with Gasteiger partial charge in [-0.25, -0.2) is 0 Å². The molecule has 96 valence electrons. The number of hydrogen-bond donors (Lipinski definition) is 2. The number of hydrogen-bond acceptors (Lipinski definition) is 5. The van der Waals surface area contributed by atoms with Crippen molar-refractivity contribution in [1.29, 1.82) is 0 Å². The van der Waals surface area contributed by atoms with Crippen LogP contribution in [0.25, 0.3) is 0 Å². The summed E-state index contributed by atoms with van der Waals surface area (Å²) in [6, 6.07) is 0.499. The topological polar surface area (TPSA) is 77.0 Å². The molecule has 1 aromatic heterocycles. The van der Waals surface area contributed by atoms with Gasteiger partial charge in [0.25, 0.3) is 0 Å². The maximum absolute atomic E-state index is 5.40. The molecule has 1 saturated carbocycles. The smallest absolute Gasteiger partial charge is 0.315 e. The first-order valence-electron chi connectivity index (χ1n) is 6.65. The average Bonchev–Trinajstić information content (AvgIpc) is 2.65. The predicted octanol–water partition coefficient (Wildman–Crippen LogP) is 2.30. The van der Waals surface area contributed by atoms with Crippen LogP contribution in [0.5, 0.6) is 0 Å². The Morgan fingerprint density at radius 2 is 1.94 bits per heavy atom. The molecule has 0 bridgehead atoms. The summed E-state index contributed by atoms with van der Waals surface area (Å²) in [5.74, 6) is 1.35. The van der Waals surface area contributed by atoms with E-state index in [0.717, 1.165) is 12.5 Å². The first-order chi connectivity index (χ1) is 8.38. The van der Waals surface area contributed by atoms with Crippen LogP contribution in [0.2, 0.25) is 0 Å². The van der Waals surface area contributed by atoms with Crippen molar-refractivity contribution in [2.45, 2.75) is 51.5 Å². The fourth-order valence-corrected chi connectivity index (χ4v) is 2.44. The van der Waals surface area contributed by atoms with Crippen molar-refractivity contribution in [3.8, 4) is 0 Å². The van der Waals surface area contributed by atoms with Gasteiger partial charge < -0.3 is 15.5 Å². The van der Waals surface area contributed by atoms with E-state index in [1.807, 2.05) is 0 Å². The number of nitrogens with zero attached hydrogens (tertiary/aromatic N) is 2. The summed E-state index contributed by atoms with van der Waals surface area (Å²) in [4.78, 5) is 0. The summed E-state index contributed by atoms with van der Waals surface area (Å²) in [7, 11) is 0. The molecule has 0 spiro atoms. The van der Waals surface area contributed by atoms with E-state index in [9.17, 15) is 0 Å². The van der Waals surface area contributed by atoms with Crippen LogP contribution in [0.3, 0.4) is 0 Å². The van der Waals surface area contributed by atoms with Gasteiger partial charge in [-0.3, -0.25) is 0 Å². The Morgan fingerprint density at radius 3 is 2.59 bits per heavy atom. The quantitative estimate of drug-likeness (QED) is 0.770. The van der Waals surface area contributed by atoms with Crippen molar-refractivity contribution >= 4 is 6.01 Å². The summed E-state index contributed by atoms with van der Waals surface area (Å²) in [6.07, 6.45) is 9.55.